The molecule has 0 spiro atoms. The third-order valence-corrected chi connectivity index (χ3v) is 3.14. The van der Waals surface area contributed by atoms with Gasteiger partial charge in [-0.1, -0.05) is 17.7 Å². The average molecular weight is 289 g/mol. The van der Waals surface area contributed by atoms with Gasteiger partial charge in [0.05, 0.1) is 13.7 Å². The number of fused-ring (bicyclic) bond motifs is 1. The number of ether oxygens (including phenoxy) is 1. The number of anilines is 1. The maximum Gasteiger partial charge on any atom is 0.214 e. The van der Waals surface area contributed by atoms with Crippen molar-refractivity contribution in [2.45, 2.75) is 6.54 Å². The van der Waals surface area contributed by atoms with Crippen LogP contribution in [0.2, 0.25) is 5.02 Å². The Bertz CT molecular complexity index is 740. The first-order valence-corrected chi connectivity index (χ1v) is 6.55. The van der Waals surface area contributed by atoms with E-state index in [9.17, 15) is 0 Å². The fourth-order valence-electron chi connectivity index (χ4n) is 1.93. The molecule has 1 N–H and O–H groups in total. The Morgan fingerprint density at radius 3 is 2.95 bits per heavy atom. The maximum absolute atomic E-state index is 5.93. The lowest BCUT2D eigenvalue weighted by Crippen LogP contribution is -1.99. The summed E-state index contributed by atoms with van der Waals surface area (Å²) < 4.78 is 10.8. The first-order valence-electron chi connectivity index (χ1n) is 6.17. The van der Waals surface area contributed by atoms with E-state index in [-0.39, 0.29) is 0 Å². The van der Waals surface area contributed by atoms with Crippen LogP contribution < -0.4 is 10.1 Å². The molecular formula is C15H13ClN2O2. The summed E-state index contributed by atoms with van der Waals surface area (Å²) in [5.74, 6) is 1.38. The second kappa shape index (κ2) is 5.43. The van der Waals surface area contributed by atoms with Crippen molar-refractivity contribution in [1.82, 2.24) is 4.98 Å². The molecular weight excluding hydrogens is 276 g/mol. The molecule has 4 nitrogen and oxygen atoms in total. The zero-order chi connectivity index (χ0) is 13.9. The van der Waals surface area contributed by atoms with Gasteiger partial charge in [0, 0.05) is 16.8 Å². The zero-order valence-corrected chi connectivity index (χ0v) is 11.6. The number of nitrogens with zero attached hydrogens (tertiary/aromatic N) is 1. The van der Waals surface area contributed by atoms with E-state index in [1.54, 1.807) is 7.11 Å². The van der Waals surface area contributed by atoms with Crippen LogP contribution in [0.3, 0.4) is 0 Å². The first kappa shape index (κ1) is 12.8. The van der Waals surface area contributed by atoms with E-state index in [4.69, 9.17) is 20.8 Å². The van der Waals surface area contributed by atoms with E-state index in [0.717, 1.165) is 22.5 Å². The van der Waals surface area contributed by atoms with Crippen molar-refractivity contribution in [3.63, 3.8) is 0 Å². The van der Waals surface area contributed by atoms with Gasteiger partial charge in [-0.3, -0.25) is 0 Å². The number of hydrogen-bond acceptors (Lipinski definition) is 4. The van der Waals surface area contributed by atoms with E-state index in [0.29, 0.717) is 17.5 Å². The number of hydrogen-bond donors (Lipinski definition) is 1. The number of nitrogens with one attached hydrogen (secondary N) is 1. The van der Waals surface area contributed by atoms with Crippen LogP contribution in [0.5, 0.6) is 5.75 Å². The molecule has 1 aromatic heterocycles. The lowest BCUT2D eigenvalue weighted by molar-refractivity contribution is 0.415. The van der Waals surface area contributed by atoms with Crippen LogP contribution >= 0.6 is 11.6 Å². The minimum absolute atomic E-state index is 0.497. The van der Waals surface area contributed by atoms with Crippen molar-refractivity contribution in [3.05, 3.63) is 53.4 Å². The lowest BCUT2D eigenvalue weighted by atomic mass is 10.3. The maximum atomic E-state index is 5.93. The summed E-state index contributed by atoms with van der Waals surface area (Å²) in [5.41, 5.74) is 2.46. The number of aromatic nitrogens is 1. The SMILES string of the molecule is COc1ccc2oc(CNc3cccc(Cl)c3)nc2c1. The molecule has 0 amide bonds. The molecule has 0 aliphatic heterocycles. The molecule has 3 aromatic rings. The molecule has 0 aliphatic rings. The molecule has 0 fully saturated rings. The fraction of sp³-hybridized carbons (Fsp3) is 0.133. The Hall–Kier alpha value is -2.20. The van der Waals surface area contributed by atoms with Gasteiger partial charge in [-0.2, -0.15) is 0 Å². The first-order chi connectivity index (χ1) is 9.74. The van der Waals surface area contributed by atoms with Crippen LogP contribution in [-0.2, 0) is 6.54 Å². The van der Waals surface area contributed by atoms with Crippen molar-refractivity contribution >= 4 is 28.4 Å². The Balaban J connectivity index is 1.77. The minimum atomic E-state index is 0.497. The third-order valence-electron chi connectivity index (χ3n) is 2.91. The van der Waals surface area contributed by atoms with E-state index in [1.165, 1.54) is 0 Å². The molecule has 5 heteroatoms. The predicted molar refractivity (Wildman–Crippen MR) is 79.3 cm³/mol. The van der Waals surface area contributed by atoms with Crippen LogP contribution in [0.25, 0.3) is 11.1 Å². The van der Waals surface area contributed by atoms with E-state index >= 15 is 0 Å². The molecule has 0 saturated carbocycles. The Labute approximate surface area is 121 Å². The standard InChI is InChI=1S/C15H13ClN2O2/c1-19-12-5-6-14-13(8-12)18-15(20-14)9-17-11-4-2-3-10(16)7-11/h2-8,17H,9H2,1H3. The van der Waals surface area contributed by atoms with E-state index < -0.39 is 0 Å². The molecule has 0 saturated heterocycles. The second-order valence-corrected chi connectivity index (χ2v) is 4.74. The number of benzene rings is 2. The summed E-state index contributed by atoms with van der Waals surface area (Å²) in [6.07, 6.45) is 0. The summed E-state index contributed by atoms with van der Waals surface area (Å²) in [6, 6.07) is 13.1. The number of halogens is 1. The summed E-state index contributed by atoms with van der Waals surface area (Å²) in [4.78, 5) is 4.42. The normalized spacial score (nSPS) is 10.7. The third kappa shape index (κ3) is 2.70. The summed E-state index contributed by atoms with van der Waals surface area (Å²) >= 11 is 5.93. The largest absolute Gasteiger partial charge is 0.497 e. The molecule has 102 valence electrons. The van der Waals surface area contributed by atoms with E-state index in [1.807, 2.05) is 42.5 Å². The zero-order valence-electron chi connectivity index (χ0n) is 10.9. The summed E-state index contributed by atoms with van der Waals surface area (Å²) in [7, 11) is 1.63. The van der Waals surface area contributed by atoms with Gasteiger partial charge in [0.1, 0.15) is 11.3 Å². The van der Waals surface area contributed by atoms with Crippen molar-refractivity contribution in [3.8, 4) is 5.75 Å². The molecule has 0 radical (unpaired) electrons. The highest BCUT2D eigenvalue weighted by atomic mass is 35.5. The van der Waals surface area contributed by atoms with Crippen LogP contribution in [0.4, 0.5) is 5.69 Å². The highest BCUT2D eigenvalue weighted by Gasteiger charge is 2.06. The van der Waals surface area contributed by atoms with Gasteiger partial charge < -0.3 is 14.5 Å². The molecule has 0 aliphatic carbocycles. The molecule has 3 rings (SSSR count). The second-order valence-electron chi connectivity index (χ2n) is 4.31. The molecule has 0 bridgehead atoms. The van der Waals surface area contributed by atoms with Crippen molar-refractivity contribution in [2.75, 3.05) is 12.4 Å². The number of oxazole rings is 1. The van der Waals surface area contributed by atoms with Crippen LogP contribution in [0, 0.1) is 0 Å². The van der Waals surface area contributed by atoms with Gasteiger partial charge in [0.25, 0.3) is 0 Å². The molecule has 20 heavy (non-hydrogen) atoms. The molecule has 0 atom stereocenters. The molecule has 1 heterocycles. The lowest BCUT2D eigenvalue weighted by Gasteiger charge is -2.03. The van der Waals surface area contributed by atoms with Crippen molar-refractivity contribution in [1.29, 1.82) is 0 Å². The van der Waals surface area contributed by atoms with Gasteiger partial charge in [-0.05, 0) is 30.3 Å². The number of rotatable bonds is 4. The van der Waals surface area contributed by atoms with Gasteiger partial charge >= 0.3 is 0 Å². The Morgan fingerprint density at radius 1 is 1.25 bits per heavy atom. The average Bonchev–Trinajstić information content (AvgIpc) is 2.87. The molecule has 2 aromatic carbocycles. The van der Waals surface area contributed by atoms with Gasteiger partial charge in [-0.25, -0.2) is 4.98 Å². The van der Waals surface area contributed by atoms with Gasteiger partial charge in [-0.15, -0.1) is 0 Å². The van der Waals surface area contributed by atoms with E-state index in [2.05, 4.69) is 10.3 Å². The quantitative estimate of drug-likeness (QED) is 0.785. The topological polar surface area (TPSA) is 47.3 Å². The highest BCUT2D eigenvalue weighted by molar-refractivity contribution is 6.30. The number of methoxy groups -OCH3 is 1. The monoisotopic (exact) mass is 288 g/mol. The van der Waals surface area contributed by atoms with Crippen molar-refractivity contribution < 1.29 is 9.15 Å². The van der Waals surface area contributed by atoms with Gasteiger partial charge in [0.15, 0.2) is 5.58 Å². The molecule has 0 unspecified atom stereocenters. The predicted octanol–water partition coefficient (Wildman–Crippen LogP) is 4.10. The van der Waals surface area contributed by atoms with Gasteiger partial charge in [0.2, 0.25) is 5.89 Å². The summed E-state index contributed by atoms with van der Waals surface area (Å²) in [6.45, 7) is 0.497. The Morgan fingerprint density at radius 2 is 2.15 bits per heavy atom. The Kier molecular flexibility index (Phi) is 3.48. The smallest absolute Gasteiger partial charge is 0.214 e. The van der Waals surface area contributed by atoms with Crippen LogP contribution in [-0.4, -0.2) is 12.1 Å². The highest BCUT2D eigenvalue weighted by Crippen LogP contribution is 2.22. The minimum Gasteiger partial charge on any atom is -0.497 e. The summed E-state index contributed by atoms with van der Waals surface area (Å²) in [5, 5.41) is 3.91. The van der Waals surface area contributed by atoms with Crippen LogP contribution in [0.1, 0.15) is 5.89 Å². The van der Waals surface area contributed by atoms with Crippen LogP contribution in [0.15, 0.2) is 46.9 Å². The van der Waals surface area contributed by atoms with Crippen molar-refractivity contribution in [2.24, 2.45) is 0 Å². The fourth-order valence-corrected chi connectivity index (χ4v) is 2.12.